The molecule has 0 bridgehead atoms. The van der Waals surface area contributed by atoms with Crippen molar-refractivity contribution in [3.8, 4) is 0 Å². The molecule has 2 aromatic rings. The Morgan fingerprint density at radius 3 is 2.05 bits per heavy atom. The van der Waals surface area contributed by atoms with Gasteiger partial charge < -0.3 is 5.32 Å². The van der Waals surface area contributed by atoms with Crippen LogP contribution in [0.3, 0.4) is 0 Å². The molecule has 0 fully saturated rings. The summed E-state index contributed by atoms with van der Waals surface area (Å²) >= 11 is 0. The summed E-state index contributed by atoms with van der Waals surface area (Å²) in [5.74, 6) is 0.378. The lowest BCUT2D eigenvalue weighted by Crippen LogP contribution is -2.27. The van der Waals surface area contributed by atoms with Gasteiger partial charge in [-0.1, -0.05) is 6.07 Å². The third-order valence-corrected chi connectivity index (χ3v) is 4.82. The van der Waals surface area contributed by atoms with Gasteiger partial charge in [0.25, 0.3) is 10.0 Å². The molecule has 1 N–H and O–H groups in total. The van der Waals surface area contributed by atoms with Gasteiger partial charge in [0.2, 0.25) is 5.95 Å². The number of rotatable bonds is 4. The number of benzene rings is 1. The molecule has 1 aromatic carbocycles. The lowest BCUT2D eigenvalue weighted by Gasteiger charge is -2.20. The summed E-state index contributed by atoms with van der Waals surface area (Å²) in [6, 6.07) is 5.65. The number of hydrogen-bond donors (Lipinski definition) is 1. The molecule has 0 amide bonds. The Hall–Kier alpha value is -2.15. The molecule has 21 heavy (non-hydrogen) atoms. The zero-order chi connectivity index (χ0) is 15.6. The summed E-state index contributed by atoms with van der Waals surface area (Å²) in [6.07, 6.45) is 2.60. The van der Waals surface area contributed by atoms with Crippen molar-refractivity contribution in [2.24, 2.45) is 0 Å². The first-order valence-electron chi connectivity index (χ1n) is 6.41. The molecule has 0 saturated heterocycles. The minimum atomic E-state index is -3.67. The van der Waals surface area contributed by atoms with Gasteiger partial charge in [-0.2, -0.15) is 0 Å². The fraction of sp³-hybridized carbons (Fsp3) is 0.286. The molecule has 1 heterocycles. The normalized spacial score (nSPS) is 11.2. The van der Waals surface area contributed by atoms with E-state index in [0.29, 0.717) is 11.6 Å². The van der Waals surface area contributed by atoms with Gasteiger partial charge in [-0.25, -0.2) is 18.4 Å². The van der Waals surface area contributed by atoms with Crippen molar-refractivity contribution in [3.63, 3.8) is 0 Å². The van der Waals surface area contributed by atoms with Crippen LogP contribution in [0.25, 0.3) is 0 Å². The average molecular weight is 306 g/mol. The first kappa shape index (κ1) is 15.2. The van der Waals surface area contributed by atoms with Crippen molar-refractivity contribution >= 4 is 21.7 Å². The van der Waals surface area contributed by atoms with Crippen LogP contribution < -0.4 is 9.62 Å². The maximum atomic E-state index is 12.6. The van der Waals surface area contributed by atoms with Crippen molar-refractivity contribution in [2.75, 3.05) is 23.7 Å². The summed E-state index contributed by atoms with van der Waals surface area (Å²) in [5.41, 5.74) is 2.63. The molecule has 6 nitrogen and oxygen atoms in total. The second-order valence-electron chi connectivity index (χ2n) is 4.81. The van der Waals surface area contributed by atoms with Crippen LogP contribution in [-0.4, -0.2) is 32.5 Å². The molecule has 2 rings (SSSR count). The summed E-state index contributed by atoms with van der Waals surface area (Å²) in [7, 11) is -0.475. The minimum Gasteiger partial charge on any atom is -0.357 e. The van der Waals surface area contributed by atoms with Gasteiger partial charge in [0.05, 0.1) is 18.1 Å². The van der Waals surface area contributed by atoms with E-state index in [-0.39, 0.29) is 4.90 Å². The maximum Gasteiger partial charge on any atom is 0.267 e. The van der Waals surface area contributed by atoms with Crippen molar-refractivity contribution in [1.82, 2.24) is 9.97 Å². The second-order valence-corrected chi connectivity index (χ2v) is 6.78. The molecule has 0 spiro atoms. The van der Waals surface area contributed by atoms with Crippen molar-refractivity contribution < 1.29 is 8.42 Å². The number of nitrogens with one attached hydrogen (secondary N) is 1. The molecular weight excluding hydrogens is 288 g/mol. The monoisotopic (exact) mass is 306 g/mol. The zero-order valence-corrected chi connectivity index (χ0v) is 13.3. The number of sulfonamides is 1. The predicted octanol–water partition coefficient (Wildman–Crippen LogP) is 1.96. The van der Waals surface area contributed by atoms with Crippen molar-refractivity contribution in [2.45, 2.75) is 18.7 Å². The summed E-state index contributed by atoms with van der Waals surface area (Å²) in [6.45, 7) is 3.86. The molecule has 0 radical (unpaired) electrons. The molecular formula is C14H18N4O2S. The average Bonchev–Trinajstić information content (AvgIpc) is 2.45. The van der Waals surface area contributed by atoms with Gasteiger partial charge in [-0.05, 0) is 37.1 Å². The molecule has 7 heteroatoms. The Morgan fingerprint density at radius 2 is 1.57 bits per heavy atom. The van der Waals surface area contributed by atoms with Crippen LogP contribution in [0.5, 0.6) is 0 Å². The first-order chi connectivity index (χ1) is 9.84. The minimum absolute atomic E-state index is 0.0585. The molecule has 0 saturated carbocycles. The van der Waals surface area contributed by atoms with Gasteiger partial charge in [0.15, 0.2) is 0 Å². The number of aryl methyl sites for hydroxylation is 2. The zero-order valence-electron chi connectivity index (χ0n) is 12.5. The van der Waals surface area contributed by atoms with Crippen LogP contribution in [0.15, 0.2) is 35.5 Å². The fourth-order valence-electron chi connectivity index (χ4n) is 2.01. The van der Waals surface area contributed by atoms with Crippen LogP contribution in [-0.2, 0) is 10.0 Å². The summed E-state index contributed by atoms with van der Waals surface area (Å²) < 4.78 is 26.4. The summed E-state index contributed by atoms with van der Waals surface area (Å²) in [4.78, 5) is 7.95. The molecule has 0 atom stereocenters. The van der Waals surface area contributed by atoms with Crippen LogP contribution in [0.2, 0.25) is 0 Å². The quantitative estimate of drug-likeness (QED) is 0.934. The maximum absolute atomic E-state index is 12.6. The van der Waals surface area contributed by atoms with E-state index in [4.69, 9.17) is 0 Å². The van der Waals surface area contributed by atoms with E-state index in [2.05, 4.69) is 15.3 Å². The van der Waals surface area contributed by atoms with Crippen LogP contribution in [0.1, 0.15) is 11.1 Å². The number of anilines is 2. The van der Waals surface area contributed by atoms with E-state index in [9.17, 15) is 8.42 Å². The predicted molar refractivity (Wildman–Crippen MR) is 83.1 cm³/mol. The first-order valence-corrected chi connectivity index (χ1v) is 7.85. The third-order valence-electron chi connectivity index (χ3n) is 3.08. The van der Waals surface area contributed by atoms with Gasteiger partial charge in [0, 0.05) is 14.1 Å². The Morgan fingerprint density at radius 1 is 1.05 bits per heavy atom. The van der Waals surface area contributed by atoms with Crippen molar-refractivity contribution in [1.29, 1.82) is 0 Å². The smallest absolute Gasteiger partial charge is 0.267 e. The highest BCUT2D eigenvalue weighted by Gasteiger charge is 2.22. The Kier molecular flexibility index (Phi) is 4.13. The SMILES string of the molecule is CNc1ncc(S(=O)(=O)N(C)c2cc(C)cc(C)c2)cn1. The molecule has 0 aliphatic heterocycles. The van der Waals surface area contributed by atoms with Crippen LogP contribution >= 0.6 is 0 Å². The number of hydrogen-bond acceptors (Lipinski definition) is 5. The Labute approximate surface area is 124 Å². The van der Waals surface area contributed by atoms with E-state index in [1.807, 2.05) is 32.0 Å². The van der Waals surface area contributed by atoms with E-state index < -0.39 is 10.0 Å². The number of nitrogens with zero attached hydrogens (tertiary/aromatic N) is 3. The Balaban J connectivity index is 2.41. The van der Waals surface area contributed by atoms with E-state index in [1.165, 1.54) is 23.7 Å². The highest BCUT2D eigenvalue weighted by Crippen LogP contribution is 2.23. The standard InChI is InChI=1S/C14H18N4O2S/c1-10-5-11(2)7-12(6-10)18(4)21(19,20)13-8-16-14(15-3)17-9-13/h5-9H,1-4H3,(H,15,16,17). The second kappa shape index (κ2) is 5.69. The molecule has 0 unspecified atom stereocenters. The van der Waals surface area contributed by atoms with E-state index >= 15 is 0 Å². The highest BCUT2D eigenvalue weighted by molar-refractivity contribution is 7.92. The van der Waals surface area contributed by atoms with E-state index in [1.54, 1.807) is 7.05 Å². The number of aromatic nitrogens is 2. The van der Waals surface area contributed by atoms with Crippen LogP contribution in [0, 0.1) is 13.8 Å². The van der Waals surface area contributed by atoms with Gasteiger partial charge >= 0.3 is 0 Å². The molecule has 112 valence electrons. The lowest BCUT2D eigenvalue weighted by molar-refractivity contribution is 0.593. The lowest BCUT2D eigenvalue weighted by atomic mass is 10.1. The molecule has 0 aliphatic carbocycles. The van der Waals surface area contributed by atoms with E-state index in [0.717, 1.165) is 11.1 Å². The van der Waals surface area contributed by atoms with Gasteiger partial charge in [-0.15, -0.1) is 0 Å². The Bertz CT molecular complexity index is 722. The van der Waals surface area contributed by atoms with Gasteiger partial charge in [-0.3, -0.25) is 4.31 Å². The van der Waals surface area contributed by atoms with Gasteiger partial charge in [0.1, 0.15) is 4.90 Å². The fourth-order valence-corrected chi connectivity index (χ4v) is 3.08. The largest absolute Gasteiger partial charge is 0.357 e. The topological polar surface area (TPSA) is 75.2 Å². The van der Waals surface area contributed by atoms with Crippen molar-refractivity contribution in [3.05, 3.63) is 41.7 Å². The van der Waals surface area contributed by atoms with Crippen LogP contribution in [0.4, 0.5) is 11.6 Å². The molecule has 0 aliphatic rings. The molecule has 1 aromatic heterocycles. The highest BCUT2D eigenvalue weighted by atomic mass is 32.2. The summed E-state index contributed by atoms with van der Waals surface area (Å²) in [5, 5.41) is 2.75. The third kappa shape index (κ3) is 3.13.